The van der Waals surface area contributed by atoms with Gasteiger partial charge in [-0.2, -0.15) is 5.10 Å². The molecule has 1 aliphatic rings. The third kappa shape index (κ3) is 6.68. The molecule has 3 aromatic heterocycles. The Labute approximate surface area is 331 Å². The number of carbonyl (C=O) groups excluding carboxylic acids is 1. The van der Waals surface area contributed by atoms with Gasteiger partial charge in [0.25, 0.3) is 5.91 Å². The molecule has 0 saturated heterocycles. The molecule has 0 fully saturated rings. The Hall–Kier alpha value is -4.77. The summed E-state index contributed by atoms with van der Waals surface area (Å²) in [5.41, 5.74) is 10.5. The molecule has 0 spiro atoms. The van der Waals surface area contributed by atoms with Crippen molar-refractivity contribution in [3.05, 3.63) is 97.5 Å². The van der Waals surface area contributed by atoms with Crippen LogP contribution in [0.15, 0.2) is 42.5 Å². The summed E-state index contributed by atoms with van der Waals surface area (Å²) in [6, 6.07) is 13.4. The SMILES string of the molecule is COCCCn1c(C(=O)O)cc2cc(C)cc(N3CC(C)n4c(c(CCCOc5cc(C)c(Cl)c(C)c5)c5ccc(Cl)c(-c6c(C)nn(C)c6C)c54)C3=O)c21. The van der Waals surface area contributed by atoms with Gasteiger partial charge in [-0.1, -0.05) is 29.3 Å². The third-order valence-corrected chi connectivity index (χ3v) is 11.8. The first-order valence-corrected chi connectivity index (χ1v) is 19.4. The highest BCUT2D eigenvalue weighted by Gasteiger charge is 2.38. The normalized spacial score (nSPS) is 14.4. The molecule has 1 atom stereocenters. The fourth-order valence-corrected chi connectivity index (χ4v) is 8.81. The van der Waals surface area contributed by atoms with E-state index >= 15 is 4.79 Å². The van der Waals surface area contributed by atoms with Crippen molar-refractivity contribution in [2.24, 2.45) is 7.05 Å². The lowest BCUT2D eigenvalue weighted by molar-refractivity contribution is 0.0684. The van der Waals surface area contributed by atoms with E-state index in [2.05, 4.69) is 11.5 Å². The molecule has 3 aromatic carbocycles. The molecular formula is C43H47Cl2N5O5. The van der Waals surface area contributed by atoms with Gasteiger partial charge in [0.1, 0.15) is 17.1 Å². The minimum atomic E-state index is -1.02. The van der Waals surface area contributed by atoms with Crippen molar-refractivity contribution >= 4 is 62.6 Å². The number of carboxylic acids is 1. The Bertz CT molecular complexity index is 2490. The topological polar surface area (TPSA) is 104 Å². The van der Waals surface area contributed by atoms with Crippen LogP contribution in [-0.2, 0) is 24.8 Å². The number of rotatable bonds is 12. The second kappa shape index (κ2) is 15.0. The highest BCUT2D eigenvalue weighted by atomic mass is 35.5. The van der Waals surface area contributed by atoms with E-state index in [0.29, 0.717) is 62.0 Å². The van der Waals surface area contributed by atoms with Crippen LogP contribution in [0.5, 0.6) is 5.75 Å². The number of nitrogens with zero attached hydrogens (tertiary/aromatic N) is 5. The summed E-state index contributed by atoms with van der Waals surface area (Å²) >= 11 is 13.6. The zero-order valence-corrected chi connectivity index (χ0v) is 34.2. The van der Waals surface area contributed by atoms with E-state index in [1.807, 2.05) is 92.2 Å². The van der Waals surface area contributed by atoms with Gasteiger partial charge in [0.2, 0.25) is 0 Å². The Kier molecular flexibility index (Phi) is 10.5. The van der Waals surface area contributed by atoms with Gasteiger partial charge in [-0.25, -0.2) is 4.79 Å². The molecule has 0 radical (unpaired) electrons. The zero-order chi connectivity index (χ0) is 39.5. The molecule has 55 heavy (non-hydrogen) atoms. The van der Waals surface area contributed by atoms with Gasteiger partial charge in [-0.05, 0) is 119 Å². The third-order valence-electron chi connectivity index (χ3n) is 10.9. The van der Waals surface area contributed by atoms with Crippen LogP contribution in [0.3, 0.4) is 0 Å². The van der Waals surface area contributed by atoms with E-state index in [1.165, 1.54) is 0 Å². The Morgan fingerprint density at radius 3 is 2.35 bits per heavy atom. The van der Waals surface area contributed by atoms with Gasteiger partial charge in [-0.15, -0.1) is 0 Å². The molecule has 6 aromatic rings. The van der Waals surface area contributed by atoms with E-state index in [0.717, 1.165) is 77.3 Å². The molecule has 12 heteroatoms. The van der Waals surface area contributed by atoms with Gasteiger partial charge in [-0.3, -0.25) is 9.48 Å². The number of aromatic carboxylic acids is 1. The number of halogens is 2. The van der Waals surface area contributed by atoms with Crippen LogP contribution in [0.25, 0.3) is 32.9 Å². The fraction of sp³-hybridized carbons (Fsp3) is 0.372. The van der Waals surface area contributed by atoms with Crippen LogP contribution >= 0.6 is 23.2 Å². The van der Waals surface area contributed by atoms with Crippen LogP contribution in [0, 0.1) is 34.6 Å². The number of amides is 1. The molecule has 0 saturated carbocycles. The number of carboxylic acid groups (broad SMARTS) is 1. The highest BCUT2D eigenvalue weighted by Crippen LogP contribution is 2.46. The van der Waals surface area contributed by atoms with Gasteiger partial charge in [0.05, 0.1) is 34.0 Å². The van der Waals surface area contributed by atoms with Crippen molar-refractivity contribution in [3.8, 4) is 16.9 Å². The zero-order valence-electron chi connectivity index (χ0n) is 32.6. The maximum atomic E-state index is 15.3. The van der Waals surface area contributed by atoms with Crippen molar-refractivity contribution in [2.75, 3.05) is 31.8 Å². The van der Waals surface area contributed by atoms with Crippen molar-refractivity contribution in [1.82, 2.24) is 18.9 Å². The average molecular weight is 785 g/mol. The average Bonchev–Trinajstić information content (AvgIpc) is 3.75. The summed E-state index contributed by atoms with van der Waals surface area (Å²) in [5, 5.41) is 18.1. The number of aryl methyl sites for hydroxylation is 7. The van der Waals surface area contributed by atoms with Crippen molar-refractivity contribution < 1.29 is 24.2 Å². The molecule has 0 aliphatic carbocycles. The van der Waals surface area contributed by atoms with E-state index in [9.17, 15) is 9.90 Å². The number of methoxy groups -OCH3 is 1. The first kappa shape index (κ1) is 38.5. The monoisotopic (exact) mass is 783 g/mol. The molecular weight excluding hydrogens is 737 g/mol. The molecule has 288 valence electrons. The van der Waals surface area contributed by atoms with Crippen molar-refractivity contribution in [3.63, 3.8) is 0 Å². The number of carbonyl (C=O) groups is 2. The van der Waals surface area contributed by atoms with E-state index in [-0.39, 0.29) is 17.6 Å². The first-order valence-electron chi connectivity index (χ1n) is 18.7. The number of fused-ring (bicyclic) bond motifs is 4. The molecule has 4 heterocycles. The molecule has 0 bridgehead atoms. The van der Waals surface area contributed by atoms with Gasteiger partial charge in [0.15, 0.2) is 0 Å². The van der Waals surface area contributed by atoms with Crippen molar-refractivity contribution in [1.29, 1.82) is 0 Å². The summed E-state index contributed by atoms with van der Waals surface area (Å²) in [6.07, 6.45) is 1.84. The van der Waals surface area contributed by atoms with Crippen LogP contribution < -0.4 is 9.64 Å². The van der Waals surface area contributed by atoms with Crippen LogP contribution in [0.2, 0.25) is 10.0 Å². The number of hydrogen-bond donors (Lipinski definition) is 1. The lowest BCUT2D eigenvalue weighted by atomic mass is 9.98. The largest absolute Gasteiger partial charge is 0.494 e. The quantitative estimate of drug-likeness (QED) is 0.124. The summed E-state index contributed by atoms with van der Waals surface area (Å²) < 4.78 is 17.4. The number of benzene rings is 3. The molecule has 1 N–H and O–H groups in total. The Balaban J connectivity index is 1.40. The molecule has 1 aliphatic heterocycles. The van der Waals surface area contributed by atoms with Gasteiger partial charge in [0, 0.05) is 72.5 Å². The molecule has 10 nitrogen and oxygen atoms in total. The first-order chi connectivity index (χ1) is 26.2. The summed E-state index contributed by atoms with van der Waals surface area (Å²) in [6.45, 7) is 13.8. The van der Waals surface area contributed by atoms with Gasteiger partial charge >= 0.3 is 5.97 Å². The number of hydrogen-bond acceptors (Lipinski definition) is 5. The van der Waals surface area contributed by atoms with Gasteiger partial charge < -0.3 is 28.6 Å². The maximum absolute atomic E-state index is 15.3. The Morgan fingerprint density at radius 2 is 1.69 bits per heavy atom. The molecule has 1 unspecified atom stereocenters. The van der Waals surface area contributed by atoms with Crippen LogP contribution in [0.4, 0.5) is 5.69 Å². The predicted octanol–water partition coefficient (Wildman–Crippen LogP) is 9.81. The summed E-state index contributed by atoms with van der Waals surface area (Å²) in [4.78, 5) is 29.7. The van der Waals surface area contributed by atoms with Crippen LogP contribution in [-0.4, -0.2) is 62.8 Å². The van der Waals surface area contributed by atoms with Crippen molar-refractivity contribution in [2.45, 2.75) is 73.4 Å². The second-order valence-corrected chi connectivity index (χ2v) is 15.6. The number of aromatic nitrogens is 4. The second-order valence-electron chi connectivity index (χ2n) is 14.8. The van der Waals surface area contributed by atoms with E-state index in [4.69, 9.17) is 37.8 Å². The Morgan fingerprint density at radius 1 is 0.964 bits per heavy atom. The number of ether oxygens (including phenoxy) is 2. The van der Waals surface area contributed by atoms with Crippen LogP contribution in [0.1, 0.15) is 80.4 Å². The summed E-state index contributed by atoms with van der Waals surface area (Å²) in [5.74, 6) is -0.410. The smallest absolute Gasteiger partial charge is 0.352 e. The highest BCUT2D eigenvalue weighted by molar-refractivity contribution is 6.35. The minimum absolute atomic E-state index is 0.149. The fourth-order valence-electron chi connectivity index (χ4n) is 8.46. The predicted molar refractivity (Wildman–Crippen MR) is 220 cm³/mol. The molecule has 1 amide bonds. The maximum Gasteiger partial charge on any atom is 0.352 e. The lowest BCUT2D eigenvalue weighted by Crippen LogP contribution is -2.43. The lowest BCUT2D eigenvalue weighted by Gasteiger charge is -2.35. The molecule has 7 rings (SSSR count). The standard InChI is InChI=1S/C43H47Cl2N5O5/c1-23-17-29-21-35(43(52)53)48(14-10-15-54-8)39(29)34(18-23)49-22-26(4)50-40-32(12-13-33(44)37(40)36-27(5)46-47(7)28(36)6)31(41(50)42(49)51)11-9-16-55-30-19-24(2)38(45)25(3)20-30/h12-13,17-21,26H,9-11,14-16,22H2,1-8H3,(H,52,53). The summed E-state index contributed by atoms with van der Waals surface area (Å²) in [7, 11) is 3.56. The minimum Gasteiger partial charge on any atom is -0.494 e. The van der Waals surface area contributed by atoms with E-state index in [1.54, 1.807) is 13.2 Å². The number of anilines is 1. The van der Waals surface area contributed by atoms with E-state index < -0.39 is 5.97 Å².